The normalized spacial score (nSPS) is 17.3. The quantitative estimate of drug-likeness (QED) is 0.581. The number of fused-ring (bicyclic) bond motifs is 1. The molecule has 2 atom stereocenters. The number of hydrogen-bond donors (Lipinski definition) is 4. The van der Waals surface area contributed by atoms with Crippen LogP contribution >= 0.6 is 0 Å². The van der Waals surface area contributed by atoms with Gasteiger partial charge in [0.1, 0.15) is 5.75 Å². The van der Waals surface area contributed by atoms with Crippen molar-refractivity contribution in [1.82, 2.24) is 5.32 Å². The van der Waals surface area contributed by atoms with Crippen molar-refractivity contribution in [1.29, 1.82) is 0 Å². The molecule has 28 heavy (non-hydrogen) atoms. The van der Waals surface area contributed by atoms with Crippen molar-refractivity contribution in [3.63, 3.8) is 0 Å². The number of ether oxygens (including phenoxy) is 2. The van der Waals surface area contributed by atoms with Gasteiger partial charge in [-0.25, -0.2) is 0 Å². The maximum Gasteiger partial charge on any atom is 0.293 e. The van der Waals surface area contributed by atoms with Gasteiger partial charge >= 0.3 is 0 Å². The fourth-order valence-corrected chi connectivity index (χ4v) is 3.21. The molecule has 0 saturated carbocycles. The molecule has 1 aliphatic rings. The summed E-state index contributed by atoms with van der Waals surface area (Å²) in [5, 5.41) is 26.3. The Balaban J connectivity index is 1.65. The number of benzene rings is 2. The Bertz CT molecular complexity index is 835. The number of aliphatic hydroxyl groups is 2. The highest BCUT2D eigenvalue weighted by Gasteiger charge is 2.29. The Hall–Kier alpha value is -2.61. The predicted molar refractivity (Wildman–Crippen MR) is 105 cm³/mol. The van der Waals surface area contributed by atoms with Crippen LogP contribution in [0.1, 0.15) is 31.1 Å². The summed E-state index contributed by atoms with van der Waals surface area (Å²) < 4.78 is 10.5. The molecule has 1 aliphatic heterocycles. The maximum absolute atomic E-state index is 11.5. The monoisotopic (exact) mass is 386 g/mol. The van der Waals surface area contributed by atoms with Crippen molar-refractivity contribution in [3.8, 4) is 11.5 Å². The number of amides is 1. The third kappa shape index (κ3) is 4.62. The lowest BCUT2D eigenvalue weighted by atomic mass is 9.94. The highest BCUT2D eigenvalue weighted by Crippen LogP contribution is 2.36. The second-order valence-electron chi connectivity index (χ2n) is 7.49. The van der Waals surface area contributed by atoms with Crippen molar-refractivity contribution in [2.45, 2.75) is 38.2 Å². The van der Waals surface area contributed by atoms with Gasteiger partial charge in [-0.2, -0.15) is 0 Å². The number of rotatable bonds is 7. The molecule has 0 aliphatic carbocycles. The fraction of sp³-hybridized carbons (Fsp3) is 0.381. The van der Waals surface area contributed by atoms with E-state index in [4.69, 9.17) is 9.47 Å². The highest BCUT2D eigenvalue weighted by molar-refractivity contribution is 5.97. The van der Waals surface area contributed by atoms with Crippen molar-refractivity contribution in [3.05, 3.63) is 53.6 Å². The van der Waals surface area contributed by atoms with Crippen LogP contribution in [0.4, 0.5) is 5.69 Å². The lowest BCUT2D eigenvalue weighted by Crippen LogP contribution is -2.43. The van der Waals surface area contributed by atoms with Crippen LogP contribution in [0.25, 0.3) is 0 Å². The SMILES string of the molecule is COc1ccc(CC(C)(C)NCC(O)c2cccc3c2O[C@H](O)C(=O)N3)cc1. The smallest absolute Gasteiger partial charge is 0.293 e. The van der Waals surface area contributed by atoms with Crippen LogP contribution in [0, 0.1) is 0 Å². The lowest BCUT2D eigenvalue weighted by molar-refractivity contribution is -0.139. The molecule has 0 aromatic heterocycles. The summed E-state index contributed by atoms with van der Waals surface area (Å²) in [7, 11) is 1.64. The van der Waals surface area contributed by atoms with Crippen molar-refractivity contribution >= 4 is 11.6 Å². The Labute approximate surface area is 164 Å². The van der Waals surface area contributed by atoms with Gasteiger partial charge in [-0.05, 0) is 44.0 Å². The third-order valence-corrected chi connectivity index (χ3v) is 4.70. The number of aliphatic hydroxyl groups excluding tert-OH is 2. The van der Waals surface area contributed by atoms with Crippen molar-refractivity contribution in [2.24, 2.45) is 0 Å². The van der Waals surface area contributed by atoms with E-state index >= 15 is 0 Å². The molecule has 0 bridgehead atoms. The molecule has 1 amide bonds. The Morgan fingerprint density at radius 1 is 1.25 bits per heavy atom. The van der Waals surface area contributed by atoms with Gasteiger partial charge in [0.2, 0.25) is 0 Å². The molecule has 7 heteroatoms. The highest BCUT2D eigenvalue weighted by atomic mass is 16.6. The number of methoxy groups -OCH3 is 1. The zero-order valence-electron chi connectivity index (χ0n) is 16.2. The molecule has 2 aromatic carbocycles. The van der Waals surface area contributed by atoms with E-state index in [0.29, 0.717) is 11.3 Å². The van der Waals surface area contributed by atoms with Crippen LogP contribution in [0.5, 0.6) is 11.5 Å². The molecule has 0 spiro atoms. The maximum atomic E-state index is 11.5. The molecule has 3 rings (SSSR count). The van der Waals surface area contributed by atoms with Crippen molar-refractivity contribution < 1.29 is 24.5 Å². The Morgan fingerprint density at radius 2 is 1.96 bits per heavy atom. The molecule has 150 valence electrons. The number of hydrogen-bond acceptors (Lipinski definition) is 6. The van der Waals surface area contributed by atoms with E-state index in [1.54, 1.807) is 25.3 Å². The van der Waals surface area contributed by atoms with Gasteiger partial charge in [0.25, 0.3) is 12.2 Å². The zero-order valence-corrected chi connectivity index (χ0v) is 16.2. The number of carbonyl (C=O) groups is 1. The van der Waals surface area contributed by atoms with Gasteiger partial charge in [-0.15, -0.1) is 0 Å². The van der Waals surface area contributed by atoms with Gasteiger partial charge in [0.15, 0.2) is 5.75 Å². The second kappa shape index (κ2) is 8.18. The van der Waals surface area contributed by atoms with Gasteiger partial charge < -0.3 is 30.3 Å². The first-order valence-corrected chi connectivity index (χ1v) is 9.13. The standard InChI is InChI=1S/C21H26N2O5/c1-21(2,11-13-7-9-14(27-3)10-8-13)22-12-17(24)15-5-4-6-16-18(15)28-20(26)19(25)23-16/h4-10,17,20,22,24,26H,11-12H2,1-3H3,(H,23,25)/t17?,20-/m0/s1. The molecular formula is C21H26N2O5. The van der Waals surface area contributed by atoms with Crippen LogP contribution in [-0.4, -0.2) is 41.6 Å². The number of β-amino-alcohol motifs (C(OH)–C–C–N with tert-alkyl or cyclic N) is 1. The first-order valence-electron chi connectivity index (χ1n) is 9.13. The first kappa shape index (κ1) is 20.1. The van der Waals surface area contributed by atoms with E-state index < -0.39 is 18.3 Å². The minimum atomic E-state index is -1.58. The largest absolute Gasteiger partial charge is 0.497 e. The van der Waals surface area contributed by atoms with Gasteiger partial charge in [-0.1, -0.05) is 24.3 Å². The van der Waals surface area contributed by atoms with E-state index in [0.717, 1.165) is 17.7 Å². The molecule has 4 N–H and O–H groups in total. The average Bonchev–Trinajstić information content (AvgIpc) is 2.67. The van der Waals surface area contributed by atoms with E-state index in [1.807, 2.05) is 24.3 Å². The summed E-state index contributed by atoms with van der Waals surface area (Å²) in [6.07, 6.45) is -1.69. The van der Waals surface area contributed by atoms with Crippen LogP contribution in [0.2, 0.25) is 0 Å². The Kier molecular flexibility index (Phi) is 5.88. The van der Waals surface area contributed by atoms with Crippen LogP contribution in [-0.2, 0) is 11.2 Å². The fourth-order valence-electron chi connectivity index (χ4n) is 3.21. The minimum Gasteiger partial charge on any atom is -0.497 e. The zero-order chi connectivity index (χ0) is 20.3. The topological polar surface area (TPSA) is 100 Å². The summed E-state index contributed by atoms with van der Waals surface area (Å²) in [6.45, 7) is 4.41. The third-order valence-electron chi connectivity index (χ3n) is 4.70. The predicted octanol–water partition coefficient (Wildman–Crippen LogP) is 1.99. The van der Waals surface area contributed by atoms with E-state index in [1.165, 1.54) is 0 Å². The summed E-state index contributed by atoms with van der Waals surface area (Å²) in [6, 6.07) is 13.0. The summed E-state index contributed by atoms with van der Waals surface area (Å²) in [5.74, 6) is 0.475. The van der Waals surface area contributed by atoms with Crippen LogP contribution < -0.4 is 20.1 Å². The summed E-state index contributed by atoms with van der Waals surface area (Å²) in [4.78, 5) is 11.5. The molecular weight excluding hydrogens is 360 g/mol. The van der Waals surface area contributed by atoms with Gasteiger partial charge in [0.05, 0.1) is 18.9 Å². The average molecular weight is 386 g/mol. The van der Waals surface area contributed by atoms with Crippen LogP contribution in [0.15, 0.2) is 42.5 Å². The molecule has 2 aromatic rings. The molecule has 1 heterocycles. The molecule has 1 unspecified atom stereocenters. The summed E-state index contributed by atoms with van der Waals surface area (Å²) >= 11 is 0. The Morgan fingerprint density at radius 3 is 2.64 bits per heavy atom. The number of nitrogens with one attached hydrogen (secondary N) is 2. The number of para-hydroxylation sites is 1. The second-order valence-corrected chi connectivity index (χ2v) is 7.49. The van der Waals surface area contributed by atoms with E-state index in [-0.39, 0.29) is 17.8 Å². The number of anilines is 1. The van der Waals surface area contributed by atoms with Gasteiger partial charge in [0, 0.05) is 17.6 Å². The molecule has 0 fully saturated rings. The minimum absolute atomic E-state index is 0.265. The summed E-state index contributed by atoms with van der Waals surface area (Å²) in [5.41, 5.74) is 1.83. The molecule has 7 nitrogen and oxygen atoms in total. The van der Waals surface area contributed by atoms with Gasteiger partial charge in [-0.3, -0.25) is 4.79 Å². The number of carbonyl (C=O) groups excluding carboxylic acids is 1. The molecule has 0 saturated heterocycles. The van der Waals surface area contributed by atoms with E-state index in [2.05, 4.69) is 24.5 Å². The lowest BCUT2D eigenvalue weighted by Gasteiger charge is -2.30. The van der Waals surface area contributed by atoms with Crippen molar-refractivity contribution in [2.75, 3.05) is 19.0 Å². The molecule has 0 radical (unpaired) electrons. The van der Waals surface area contributed by atoms with E-state index in [9.17, 15) is 15.0 Å². The first-order chi connectivity index (χ1) is 13.3. The van der Waals surface area contributed by atoms with Crippen LogP contribution in [0.3, 0.4) is 0 Å².